The molecule has 2 rings (SSSR count). The van der Waals surface area contributed by atoms with Crippen LogP contribution in [0.1, 0.15) is 16.7 Å². The van der Waals surface area contributed by atoms with Crippen molar-refractivity contribution >= 4 is 23.5 Å². The summed E-state index contributed by atoms with van der Waals surface area (Å²) < 4.78 is 10.1. The number of hydrogen-bond donors (Lipinski definition) is 1. The van der Waals surface area contributed by atoms with Crippen molar-refractivity contribution in [2.75, 3.05) is 32.1 Å². The molecule has 0 spiro atoms. The van der Waals surface area contributed by atoms with Crippen LogP contribution in [0.4, 0.5) is 5.69 Å². The van der Waals surface area contributed by atoms with E-state index in [1.165, 1.54) is 11.9 Å². The lowest BCUT2D eigenvalue weighted by Crippen LogP contribution is -2.38. The van der Waals surface area contributed by atoms with Gasteiger partial charge in [-0.1, -0.05) is 18.2 Å². The number of aryl methyl sites for hydroxylation is 2. The molecule has 0 bridgehead atoms. The summed E-state index contributed by atoms with van der Waals surface area (Å²) in [7, 11) is 1.45. The Balaban J connectivity index is 1.74. The second kappa shape index (κ2) is 10.6. The van der Waals surface area contributed by atoms with Gasteiger partial charge in [-0.3, -0.25) is 9.59 Å². The molecule has 0 unspecified atom stereocenters. The van der Waals surface area contributed by atoms with Crippen molar-refractivity contribution in [3.8, 4) is 11.8 Å². The number of ether oxygens (including phenoxy) is 2. The minimum atomic E-state index is -0.721. The molecular weight excluding hydrogens is 386 g/mol. The van der Waals surface area contributed by atoms with Crippen LogP contribution in [-0.4, -0.2) is 49.5 Å². The minimum Gasteiger partial charge on any atom is -0.482 e. The van der Waals surface area contributed by atoms with Crippen molar-refractivity contribution in [2.45, 2.75) is 13.8 Å². The van der Waals surface area contributed by atoms with Gasteiger partial charge in [0.05, 0.1) is 18.2 Å². The fourth-order valence-corrected chi connectivity index (χ4v) is 2.56. The average Bonchev–Trinajstić information content (AvgIpc) is 2.73. The molecule has 0 aliphatic rings. The third-order valence-electron chi connectivity index (χ3n) is 4.25. The molecule has 0 aliphatic carbocycles. The lowest BCUT2D eigenvalue weighted by Gasteiger charge is -2.18. The average molecular weight is 409 g/mol. The van der Waals surface area contributed by atoms with Crippen LogP contribution in [0.3, 0.4) is 0 Å². The largest absolute Gasteiger partial charge is 0.482 e. The number of benzene rings is 2. The highest BCUT2D eigenvalue weighted by molar-refractivity contribution is 5.96. The van der Waals surface area contributed by atoms with Gasteiger partial charge in [-0.05, 0) is 49.2 Å². The summed E-state index contributed by atoms with van der Waals surface area (Å²) in [6, 6.07) is 13.9. The summed E-state index contributed by atoms with van der Waals surface area (Å²) in [5.74, 6) is -1.18. The number of nitrogens with one attached hydrogen (secondary N) is 1. The summed E-state index contributed by atoms with van der Waals surface area (Å²) in [6.45, 7) is 2.72. The monoisotopic (exact) mass is 409 g/mol. The van der Waals surface area contributed by atoms with Gasteiger partial charge in [0.2, 0.25) is 5.91 Å². The van der Waals surface area contributed by atoms with Gasteiger partial charge in [-0.25, -0.2) is 4.79 Å². The van der Waals surface area contributed by atoms with E-state index in [0.29, 0.717) is 11.3 Å². The number of nitriles is 1. The highest BCUT2D eigenvalue weighted by atomic mass is 16.6. The molecule has 0 aliphatic heterocycles. The molecule has 156 valence electrons. The zero-order valence-corrected chi connectivity index (χ0v) is 17.1. The van der Waals surface area contributed by atoms with Crippen molar-refractivity contribution in [1.82, 2.24) is 4.90 Å². The first-order valence-corrected chi connectivity index (χ1v) is 9.18. The summed E-state index contributed by atoms with van der Waals surface area (Å²) in [4.78, 5) is 37.3. The maximum Gasteiger partial charge on any atom is 0.344 e. The van der Waals surface area contributed by atoms with E-state index in [1.54, 1.807) is 24.3 Å². The van der Waals surface area contributed by atoms with E-state index in [0.717, 1.165) is 16.8 Å². The number of likely N-dealkylation sites (N-methyl/N-ethyl adjacent to an activating group) is 1. The molecular formula is C22H23N3O5. The van der Waals surface area contributed by atoms with Crippen LogP contribution in [0.2, 0.25) is 0 Å². The van der Waals surface area contributed by atoms with Gasteiger partial charge < -0.3 is 19.7 Å². The highest BCUT2D eigenvalue weighted by Crippen LogP contribution is 2.19. The Morgan fingerprint density at radius 2 is 1.67 bits per heavy atom. The first kappa shape index (κ1) is 22.4. The number of amides is 2. The Labute approximate surface area is 175 Å². The fourth-order valence-electron chi connectivity index (χ4n) is 2.56. The molecule has 30 heavy (non-hydrogen) atoms. The van der Waals surface area contributed by atoms with Gasteiger partial charge in [-0.2, -0.15) is 5.26 Å². The van der Waals surface area contributed by atoms with E-state index >= 15 is 0 Å². The van der Waals surface area contributed by atoms with Gasteiger partial charge in [0.25, 0.3) is 5.91 Å². The number of esters is 1. The highest BCUT2D eigenvalue weighted by Gasteiger charge is 2.16. The van der Waals surface area contributed by atoms with E-state index in [4.69, 9.17) is 14.7 Å². The van der Waals surface area contributed by atoms with E-state index in [9.17, 15) is 14.4 Å². The normalized spacial score (nSPS) is 9.93. The van der Waals surface area contributed by atoms with Crippen molar-refractivity contribution < 1.29 is 23.9 Å². The predicted molar refractivity (Wildman–Crippen MR) is 110 cm³/mol. The summed E-state index contributed by atoms with van der Waals surface area (Å²) in [5.41, 5.74) is 3.04. The van der Waals surface area contributed by atoms with Crippen molar-refractivity contribution in [3.63, 3.8) is 0 Å². The molecule has 0 aromatic heterocycles. The van der Waals surface area contributed by atoms with E-state index in [2.05, 4.69) is 5.32 Å². The zero-order chi connectivity index (χ0) is 22.1. The maximum atomic E-state index is 12.2. The van der Waals surface area contributed by atoms with Gasteiger partial charge in [0.15, 0.2) is 13.2 Å². The first-order chi connectivity index (χ1) is 14.3. The Hall–Kier alpha value is -3.86. The number of carbonyl (C=O) groups excluding carboxylic acids is 3. The molecule has 0 atom stereocenters. The number of rotatable bonds is 8. The Kier molecular flexibility index (Phi) is 7.94. The molecule has 8 nitrogen and oxygen atoms in total. The van der Waals surface area contributed by atoms with E-state index in [-0.39, 0.29) is 19.1 Å². The van der Waals surface area contributed by atoms with Crippen LogP contribution >= 0.6 is 0 Å². The molecule has 0 fully saturated rings. The second-order valence-corrected chi connectivity index (χ2v) is 6.65. The van der Waals surface area contributed by atoms with Gasteiger partial charge in [-0.15, -0.1) is 0 Å². The van der Waals surface area contributed by atoms with Crippen molar-refractivity contribution in [1.29, 1.82) is 5.26 Å². The van der Waals surface area contributed by atoms with Crippen LogP contribution in [0, 0.1) is 25.2 Å². The van der Waals surface area contributed by atoms with Crippen LogP contribution in [0.25, 0.3) is 0 Å². The molecule has 0 saturated carbocycles. The minimum absolute atomic E-state index is 0.175. The SMILES string of the molecule is Cc1cccc(C)c1NC(=O)CN(C)C(=O)COC(=O)COc1ccc(C#N)cc1. The van der Waals surface area contributed by atoms with E-state index in [1.807, 2.05) is 38.1 Å². The van der Waals surface area contributed by atoms with Crippen molar-refractivity contribution in [3.05, 3.63) is 59.2 Å². The third-order valence-corrected chi connectivity index (χ3v) is 4.25. The molecule has 0 radical (unpaired) electrons. The third kappa shape index (κ3) is 6.63. The summed E-state index contributed by atoms with van der Waals surface area (Å²) >= 11 is 0. The first-order valence-electron chi connectivity index (χ1n) is 9.18. The lowest BCUT2D eigenvalue weighted by molar-refractivity contribution is -0.153. The van der Waals surface area contributed by atoms with Crippen LogP contribution in [0.5, 0.6) is 5.75 Å². The fraction of sp³-hybridized carbons (Fsp3) is 0.273. The van der Waals surface area contributed by atoms with Gasteiger partial charge in [0, 0.05) is 12.7 Å². The van der Waals surface area contributed by atoms with Crippen LogP contribution < -0.4 is 10.1 Å². The molecule has 2 amide bonds. The molecule has 2 aromatic rings. The summed E-state index contributed by atoms with van der Waals surface area (Å²) in [5, 5.41) is 11.5. The number of nitrogens with zero attached hydrogens (tertiary/aromatic N) is 2. The van der Waals surface area contributed by atoms with Crippen LogP contribution in [0.15, 0.2) is 42.5 Å². The van der Waals surface area contributed by atoms with Crippen LogP contribution in [-0.2, 0) is 19.1 Å². The quantitative estimate of drug-likeness (QED) is 0.670. The Morgan fingerprint density at radius 3 is 2.27 bits per heavy atom. The maximum absolute atomic E-state index is 12.2. The summed E-state index contributed by atoms with van der Waals surface area (Å²) in [6.07, 6.45) is 0. The number of hydrogen-bond acceptors (Lipinski definition) is 6. The molecule has 0 saturated heterocycles. The smallest absolute Gasteiger partial charge is 0.344 e. The zero-order valence-electron chi connectivity index (χ0n) is 17.1. The molecule has 8 heteroatoms. The molecule has 0 heterocycles. The molecule has 2 aromatic carbocycles. The van der Waals surface area contributed by atoms with Gasteiger partial charge >= 0.3 is 5.97 Å². The molecule has 1 N–H and O–H groups in total. The number of carbonyl (C=O) groups is 3. The Morgan fingerprint density at radius 1 is 1.03 bits per heavy atom. The second-order valence-electron chi connectivity index (χ2n) is 6.65. The lowest BCUT2D eigenvalue weighted by atomic mass is 10.1. The predicted octanol–water partition coefficient (Wildman–Crippen LogP) is 2.19. The standard InChI is InChI=1S/C22H23N3O5/c1-15-5-4-6-16(2)22(15)24-19(26)12-25(3)20(27)13-30-21(28)14-29-18-9-7-17(11-23)8-10-18/h4-10H,12-14H2,1-3H3,(H,24,26). The Bertz CT molecular complexity index is 943. The number of para-hydroxylation sites is 1. The van der Waals surface area contributed by atoms with E-state index < -0.39 is 18.5 Å². The topological polar surface area (TPSA) is 109 Å². The number of anilines is 1. The van der Waals surface area contributed by atoms with Gasteiger partial charge in [0.1, 0.15) is 5.75 Å². The van der Waals surface area contributed by atoms with Crippen molar-refractivity contribution in [2.24, 2.45) is 0 Å².